The second-order valence-electron chi connectivity index (χ2n) is 8.00. The van der Waals surface area contributed by atoms with Gasteiger partial charge in [-0.25, -0.2) is 13.5 Å². The molecule has 2 heterocycles. The van der Waals surface area contributed by atoms with Crippen LogP contribution in [0.1, 0.15) is 49.1 Å². The molecule has 1 saturated heterocycles. The van der Waals surface area contributed by atoms with E-state index in [4.69, 9.17) is 4.42 Å². The molecule has 0 spiro atoms. The third kappa shape index (κ3) is 9.71. The van der Waals surface area contributed by atoms with E-state index in [1.54, 1.807) is 6.92 Å². The number of oxazole rings is 1. The Labute approximate surface area is 213 Å². The molecule has 1 atom stereocenters. The predicted octanol–water partition coefficient (Wildman–Crippen LogP) is 3.14. The molecule has 9 nitrogen and oxygen atoms in total. The van der Waals surface area contributed by atoms with Crippen LogP contribution in [0.5, 0.6) is 0 Å². The van der Waals surface area contributed by atoms with E-state index in [0.717, 1.165) is 62.5 Å². The summed E-state index contributed by atoms with van der Waals surface area (Å²) in [6, 6.07) is 6.20. The van der Waals surface area contributed by atoms with Crippen molar-refractivity contribution in [2.24, 2.45) is 5.73 Å². The van der Waals surface area contributed by atoms with Crippen molar-refractivity contribution >= 4 is 28.3 Å². The van der Waals surface area contributed by atoms with Crippen molar-refractivity contribution in [3.05, 3.63) is 41.6 Å². The number of nitrogens with one attached hydrogen (secondary N) is 1. The molecule has 0 bridgehead atoms. The smallest absolute Gasteiger partial charge is 0.277 e. The number of benzene rings is 1. The van der Waals surface area contributed by atoms with Crippen LogP contribution in [-0.2, 0) is 17.4 Å². The number of hydrogen-bond acceptors (Lipinski definition) is 7. The van der Waals surface area contributed by atoms with E-state index < -0.39 is 11.0 Å². The maximum absolute atomic E-state index is 12.6. The Balaban J connectivity index is 0.00000145. The molecule has 10 heteroatoms. The predicted molar refractivity (Wildman–Crippen MR) is 146 cm³/mol. The van der Waals surface area contributed by atoms with E-state index in [1.807, 2.05) is 34.0 Å². The van der Waals surface area contributed by atoms with Crippen molar-refractivity contribution in [2.75, 3.05) is 69.8 Å². The minimum atomic E-state index is -0.954. The lowest BCUT2D eigenvalue weighted by Gasteiger charge is -2.25. The number of nitrogens with zero attached hydrogens (tertiary/aromatic N) is 4. The Bertz CT molecular complexity index is 918. The van der Waals surface area contributed by atoms with Gasteiger partial charge in [-0.3, -0.25) is 4.79 Å². The quantitative estimate of drug-likeness (QED) is 0.564. The highest BCUT2D eigenvalue weighted by Gasteiger charge is 2.20. The van der Waals surface area contributed by atoms with E-state index in [0.29, 0.717) is 11.6 Å². The lowest BCUT2D eigenvalue weighted by atomic mass is 10.1. The zero-order valence-corrected chi connectivity index (χ0v) is 23.3. The number of rotatable bonds is 8. The summed E-state index contributed by atoms with van der Waals surface area (Å²) in [5.74, 6) is 0.851. The fraction of sp³-hybridized carbons (Fsp3) is 0.600. The molecule has 1 amide bonds. The van der Waals surface area contributed by atoms with Gasteiger partial charge in [0, 0.05) is 51.0 Å². The molecule has 0 radical (unpaired) electrons. The minimum Gasteiger partial charge on any atom is -0.448 e. The summed E-state index contributed by atoms with van der Waals surface area (Å²) >= 11 is 0. The zero-order valence-electron chi connectivity index (χ0n) is 22.5. The fourth-order valence-electron chi connectivity index (χ4n) is 3.59. The van der Waals surface area contributed by atoms with Gasteiger partial charge in [0.25, 0.3) is 5.91 Å². The van der Waals surface area contributed by atoms with Crippen molar-refractivity contribution in [3.63, 3.8) is 0 Å². The highest BCUT2D eigenvalue weighted by Crippen LogP contribution is 2.26. The Morgan fingerprint density at radius 2 is 1.91 bits per heavy atom. The van der Waals surface area contributed by atoms with Crippen LogP contribution in [-0.4, -0.2) is 83.9 Å². The summed E-state index contributed by atoms with van der Waals surface area (Å²) < 4.78 is 19.9. The average molecular weight is 509 g/mol. The maximum Gasteiger partial charge on any atom is 0.277 e. The molecule has 3 N–H and O–H groups in total. The number of anilines is 2. The van der Waals surface area contributed by atoms with Crippen molar-refractivity contribution in [1.29, 1.82) is 0 Å². The molecule has 3 rings (SSSR count). The third-order valence-electron chi connectivity index (χ3n) is 5.40. The van der Waals surface area contributed by atoms with Crippen molar-refractivity contribution in [1.82, 2.24) is 14.2 Å². The second-order valence-corrected chi connectivity index (χ2v) is 9.57. The first kappa shape index (κ1) is 30.8. The van der Waals surface area contributed by atoms with E-state index in [-0.39, 0.29) is 11.6 Å². The molecule has 1 aromatic carbocycles. The number of aryl methyl sites for hydroxylation is 2. The van der Waals surface area contributed by atoms with Gasteiger partial charge in [0.2, 0.25) is 0 Å². The number of amides is 1. The molecule has 1 aliphatic heterocycles. The summed E-state index contributed by atoms with van der Waals surface area (Å²) in [5, 5.41) is 2.99. The van der Waals surface area contributed by atoms with Crippen LogP contribution in [0.3, 0.4) is 0 Å². The number of carbonyl (C=O) groups is 1. The van der Waals surface area contributed by atoms with Gasteiger partial charge in [0.1, 0.15) is 6.26 Å². The molecule has 35 heavy (non-hydrogen) atoms. The summed E-state index contributed by atoms with van der Waals surface area (Å²) in [4.78, 5) is 21.1. The Kier molecular flexibility index (Phi) is 14.4. The van der Waals surface area contributed by atoms with Gasteiger partial charge in [-0.05, 0) is 51.7 Å². The summed E-state index contributed by atoms with van der Waals surface area (Å²) in [6.07, 6.45) is 3.13. The first-order valence-electron chi connectivity index (χ1n) is 12.3. The lowest BCUT2D eigenvalue weighted by Crippen LogP contribution is -2.35. The summed E-state index contributed by atoms with van der Waals surface area (Å²) in [5.41, 5.74) is 7.69. The largest absolute Gasteiger partial charge is 0.448 e. The van der Waals surface area contributed by atoms with Gasteiger partial charge in [-0.15, -0.1) is 0 Å². The van der Waals surface area contributed by atoms with Crippen LogP contribution < -0.4 is 16.0 Å². The Morgan fingerprint density at radius 3 is 2.51 bits per heavy atom. The molecule has 0 saturated carbocycles. The Hall–Kier alpha value is -2.27. The topological polar surface area (TPSA) is 108 Å². The fourth-order valence-corrected chi connectivity index (χ4v) is 4.98. The van der Waals surface area contributed by atoms with Crippen molar-refractivity contribution in [3.8, 4) is 0 Å². The van der Waals surface area contributed by atoms with E-state index in [9.17, 15) is 9.00 Å². The van der Waals surface area contributed by atoms with Gasteiger partial charge >= 0.3 is 0 Å². The normalized spacial score (nSPS) is 14.8. The molecule has 1 aromatic heterocycles. The van der Waals surface area contributed by atoms with Gasteiger partial charge < -0.3 is 25.3 Å². The van der Waals surface area contributed by atoms with Crippen molar-refractivity contribution in [2.45, 2.75) is 40.5 Å². The number of carbonyl (C=O) groups excluding carboxylic acids is 1. The first-order chi connectivity index (χ1) is 16.9. The van der Waals surface area contributed by atoms with Gasteiger partial charge in [0.15, 0.2) is 11.6 Å². The van der Waals surface area contributed by atoms with E-state index in [2.05, 4.69) is 49.2 Å². The second kappa shape index (κ2) is 16.4. The monoisotopic (exact) mass is 508 g/mol. The van der Waals surface area contributed by atoms with Crippen LogP contribution in [0.15, 0.2) is 28.9 Å². The number of nitrogens with two attached hydrogens (primary N) is 1. The SMILES string of the molecule is CC.CCc1ccc(N2CCCN(S(=O)CCN(C)C)CC2)cc1NC(=O)c1coc(C)n1.CN. The summed E-state index contributed by atoms with van der Waals surface area (Å²) in [7, 11) is 4.55. The molecular formula is C25H44N6O3S. The maximum atomic E-state index is 12.6. The lowest BCUT2D eigenvalue weighted by molar-refractivity contribution is 0.102. The van der Waals surface area contributed by atoms with E-state index >= 15 is 0 Å². The highest BCUT2D eigenvalue weighted by atomic mass is 32.2. The molecule has 2 aromatic rings. The number of aromatic nitrogens is 1. The average Bonchev–Trinajstić information content (AvgIpc) is 3.16. The Morgan fingerprint density at radius 1 is 1.20 bits per heavy atom. The molecule has 0 aliphatic carbocycles. The van der Waals surface area contributed by atoms with E-state index in [1.165, 1.54) is 13.3 Å². The molecule has 198 valence electrons. The first-order valence-corrected chi connectivity index (χ1v) is 13.6. The van der Waals surface area contributed by atoms with Crippen LogP contribution in [0.4, 0.5) is 11.4 Å². The standard InChI is InChI=1S/C22H33N5O3S.C2H6.CH5N/c1-5-18-7-8-19(15-20(18)24-22(28)21-16-30-17(2)23-21)26-9-6-10-27(12-11-26)31(29)14-13-25(3)4;2*1-2/h7-8,15-16H,5-6,9-14H2,1-4H3,(H,24,28);1-2H3;2H2,1H3. The van der Waals surface area contributed by atoms with Gasteiger partial charge in [-0.1, -0.05) is 26.8 Å². The van der Waals surface area contributed by atoms with Crippen LogP contribution in [0, 0.1) is 6.92 Å². The van der Waals surface area contributed by atoms with Crippen molar-refractivity contribution < 1.29 is 13.4 Å². The molecule has 1 aliphatic rings. The third-order valence-corrected chi connectivity index (χ3v) is 6.87. The van der Waals surface area contributed by atoms with Crippen LogP contribution in [0.2, 0.25) is 0 Å². The highest BCUT2D eigenvalue weighted by molar-refractivity contribution is 7.82. The molecule has 1 unspecified atom stereocenters. The van der Waals surface area contributed by atoms with Crippen LogP contribution in [0.25, 0.3) is 0 Å². The molecular weight excluding hydrogens is 464 g/mol. The minimum absolute atomic E-state index is 0.274. The number of hydrogen-bond donors (Lipinski definition) is 2. The van der Waals surface area contributed by atoms with Gasteiger partial charge in [-0.2, -0.15) is 0 Å². The zero-order chi connectivity index (χ0) is 26.4. The van der Waals surface area contributed by atoms with Gasteiger partial charge in [0.05, 0.1) is 16.7 Å². The summed E-state index contributed by atoms with van der Waals surface area (Å²) in [6.45, 7) is 11.9. The van der Waals surface area contributed by atoms with Crippen LogP contribution >= 0.6 is 0 Å². The molecule has 1 fully saturated rings.